The van der Waals surface area contributed by atoms with Crippen LogP contribution in [0.5, 0.6) is 0 Å². The van der Waals surface area contributed by atoms with Gasteiger partial charge in [0.05, 0.1) is 18.2 Å². The second-order valence-electron chi connectivity index (χ2n) is 7.16. The van der Waals surface area contributed by atoms with E-state index < -0.39 is 0 Å². The molecule has 1 fully saturated rings. The van der Waals surface area contributed by atoms with Crippen molar-refractivity contribution < 1.29 is 9.59 Å². The van der Waals surface area contributed by atoms with Crippen molar-refractivity contribution in [2.45, 2.75) is 33.7 Å². The number of benzene rings is 1. The fourth-order valence-electron chi connectivity index (χ4n) is 3.60. The van der Waals surface area contributed by atoms with E-state index in [1.807, 2.05) is 37.3 Å². The molecule has 1 atom stereocenters. The Morgan fingerprint density at radius 2 is 2.04 bits per heavy atom. The first-order valence-corrected chi connectivity index (χ1v) is 9.86. The third-order valence-electron chi connectivity index (χ3n) is 5.26. The number of aromatic nitrogens is 1. The Labute approximate surface area is 166 Å². The van der Waals surface area contributed by atoms with E-state index in [0.717, 1.165) is 35.7 Å². The van der Waals surface area contributed by atoms with Gasteiger partial charge in [-0.3, -0.25) is 14.6 Å². The van der Waals surface area contributed by atoms with Crippen LogP contribution in [0, 0.1) is 12.8 Å². The molecule has 1 aliphatic heterocycles. The molecule has 2 heterocycles. The lowest BCUT2D eigenvalue weighted by Gasteiger charge is -2.22. The Kier molecular flexibility index (Phi) is 6.29. The van der Waals surface area contributed by atoms with Crippen molar-refractivity contribution in [3.05, 3.63) is 53.9 Å². The number of amides is 2. The van der Waals surface area contributed by atoms with E-state index >= 15 is 0 Å². The van der Waals surface area contributed by atoms with E-state index in [-0.39, 0.29) is 24.2 Å². The number of carbonyl (C=O) groups is 2. The molecule has 2 aromatic rings. The minimum Gasteiger partial charge on any atom is -0.372 e. The topological polar surface area (TPSA) is 65.5 Å². The summed E-state index contributed by atoms with van der Waals surface area (Å²) in [7, 11) is 0. The highest BCUT2D eigenvalue weighted by molar-refractivity contribution is 5.97. The van der Waals surface area contributed by atoms with Gasteiger partial charge in [0.25, 0.3) is 0 Å². The highest BCUT2D eigenvalue weighted by Gasteiger charge is 2.34. The number of anilines is 2. The monoisotopic (exact) mass is 380 g/mol. The SMILES string of the molecule is CCN(CC)c1ccc(NC(=O)C2CC(=O)N(Cc3ccccn3)C2)c(C)c1. The van der Waals surface area contributed by atoms with Gasteiger partial charge in [0.2, 0.25) is 11.8 Å². The van der Waals surface area contributed by atoms with Crippen LogP contribution in [0.1, 0.15) is 31.5 Å². The number of carbonyl (C=O) groups excluding carboxylic acids is 2. The van der Waals surface area contributed by atoms with Crippen molar-refractivity contribution in [3.8, 4) is 0 Å². The summed E-state index contributed by atoms with van der Waals surface area (Å²) in [5.41, 5.74) is 3.81. The van der Waals surface area contributed by atoms with Crippen LogP contribution in [-0.4, -0.2) is 41.3 Å². The van der Waals surface area contributed by atoms with Crippen molar-refractivity contribution in [1.82, 2.24) is 9.88 Å². The van der Waals surface area contributed by atoms with Crippen molar-refractivity contribution in [1.29, 1.82) is 0 Å². The van der Waals surface area contributed by atoms with E-state index in [4.69, 9.17) is 0 Å². The first-order valence-electron chi connectivity index (χ1n) is 9.86. The van der Waals surface area contributed by atoms with E-state index in [0.29, 0.717) is 13.1 Å². The first kappa shape index (κ1) is 19.9. The maximum absolute atomic E-state index is 12.7. The summed E-state index contributed by atoms with van der Waals surface area (Å²) in [4.78, 5) is 33.3. The van der Waals surface area contributed by atoms with Gasteiger partial charge >= 0.3 is 0 Å². The van der Waals surface area contributed by atoms with Crippen LogP contribution >= 0.6 is 0 Å². The van der Waals surface area contributed by atoms with Gasteiger partial charge in [-0.2, -0.15) is 0 Å². The highest BCUT2D eigenvalue weighted by atomic mass is 16.2. The lowest BCUT2D eigenvalue weighted by atomic mass is 10.1. The average molecular weight is 380 g/mol. The largest absolute Gasteiger partial charge is 0.372 e. The Bertz CT molecular complexity index is 834. The molecule has 1 aromatic heterocycles. The van der Waals surface area contributed by atoms with Gasteiger partial charge in [0, 0.05) is 43.6 Å². The summed E-state index contributed by atoms with van der Waals surface area (Å²) in [5.74, 6) is -0.437. The number of hydrogen-bond donors (Lipinski definition) is 1. The number of nitrogens with one attached hydrogen (secondary N) is 1. The fourth-order valence-corrected chi connectivity index (χ4v) is 3.60. The predicted octanol–water partition coefficient (Wildman–Crippen LogP) is 3.22. The van der Waals surface area contributed by atoms with Gasteiger partial charge in [-0.25, -0.2) is 0 Å². The molecule has 2 amide bonds. The second-order valence-corrected chi connectivity index (χ2v) is 7.16. The summed E-state index contributed by atoms with van der Waals surface area (Å²) in [6.07, 6.45) is 1.96. The zero-order valence-electron chi connectivity index (χ0n) is 16.8. The van der Waals surface area contributed by atoms with Gasteiger partial charge in [0.15, 0.2) is 0 Å². The third kappa shape index (κ3) is 4.50. The number of likely N-dealkylation sites (tertiary alicyclic amines) is 1. The molecule has 0 bridgehead atoms. The Balaban J connectivity index is 1.63. The van der Waals surface area contributed by atoms with Gasteiger partial charge in [-0.15, -0.1) is 0 Å². The van der Waals surface area contributed by atoms with Gasteiger partial charge in [-0.05, 0) is 56.7 Å². The van der Waals surface area contributed by atoms with Gasteiger partial charge in [-0.1, -0.05) is 6.07 Å². The minimum atomic E-state index is -0.335. The first-order chi connectivity index (χ1) is 13.5. The van der Waals surface area contributed by atoms with Crippen LogP contribution in [0.15, 0.2) is 42.6 Å². The molecular formula is C22H28N4O2. The molecule has 1 unspecified atom stereocenters. The van der Waals surface area contributed by atoms with E-state index in [2.05, 4.69) is 35.1 Å². The molecule has 1 aromatic carbocycles. The molecule has 6 heteroatoms. The predicted molar refractivity (Wildman–Crippen MR) is 111 cm³/mol. The van der Waals surface area contributed by atoms with E-state index in [1.165, 1.54) is 0 Å². The number of rotatable bonds is 7. The maximum Gasteiger partial charge on any atom is 0.229 e. The zero-order valence-corrected chi connectivity index (χ0v) is 16.8. The summed E-state index contributed by atoms with van der Waals surface area (Å²) in [5, 5.41) is 3.01. The molecule has 0 saturated carbocycles. The Morgan fingerprint density at radius 3 is 2.68 bits per heavy atom. The number of pyridine rings is 1. The molecule has 0 aliphatic carbocycles. The van der Waals surface area contributed by atoms with Crippen LogP contribution in [-0.2, 0) is 16.1 Å². The van der Waals surface area contributed by atoms with Crippen LogP contribution in [0.4, 0.5) is 11.4 Å². The standard InChI is InChI=1S/C22H28N4O2/c1-4-25(5-2)19-9-10-20(16(3)12-19)24-22(28)17-13-21(27)26(14-17)15-18-8-6-7-11-23-18/h6-12,17H,4-5,13-15H2,1-3H3,(H,24,28). The van der Waals surface area contributed by atoms with Gasteiger partial charge in [0.1, 0.15) is 0 Å². The smallest absolute Gasteiger partial charge is 0.229 e. The summed E-state index contributed by atoms with van der Waals surface area (Å²) < 4.78 is 0. The molecule has 6 nitrogen and oxygen atoms in total. The van der Waals surface area contributed by atoms with Crippen LogP contribution in [0.2, 0.25) is 0 Å². The number of nitrogens with zero attached hydrogens (tertiary/aromatic N) is 3. The van der Waals surface area contributed by atoms with E-state index in [9.17, 15) is 9.59 Å². The molecule has 1 aliphatic rings. The zero-order chi connectivity index (χ0) is 20.1. The second kappa shape index (κ2) is 8.87. The summed E-state index contributed by atoms with van der Waals surface area (Å²) in [6.45, 7) is 9.01. The highest BCUT2D eigenvalue weighted by Crippen LogP contribution is 2.25. The Morgan fingerprint density at radius 1 is 1.25 bits per heavy atom. The molecule has 28 heavy (non-hydrogen) atoms. The normalized spacial score (nSPS) is 16.3. The lowest BCUT2D eigenvalue weighted by molar-refractivity contribution is -0.128. The van der Waals surface area contributed by atoms with Crippen molar-refractivity contribution >= 4 is 23.2 Å². The van der Waals surface area contributed by atoms with Crippen LogP contribution < -0.4 is 10.2 Å². The number of aryl methyl sites for hydroxylation is 1. The van der Waals surface area contributed by atoms with E-state index in [1.54, 1.807) is 11.1 Å². The summed E-state index contributed by atoms with van der Waals surface area (Å²) in [6, 6.07) is 11.7. The quantitative estimate of drug-likeness (QED) is 0.801. The average Bonchev–Trinajstić information content (AvgIpc) is 3.06. The maximum atomic E-state index is 12.7. The van der Waals surface area contributed by atoms with Crippen molar-refractivity contribution in [3.63, 3.8) is 0 Å². The van der Waals surface area contributed by atoms with Crippen molar-refractivity contribution in [2.75, 3.05) is 29.9 Å². The molecule has 1 saturated heterocycles. The van der Waals surface area contributed by atoms with Gasteiger partial charge < -0.3 is 15.1 Å². The Hall–Kier alpha value is -2.89. The minimum absolute atomic E-state index is 0.000550. The lowest BCUT2D eigenvalue weighted by Crippen LogP contribution is -2.28. The van der Waals surface area contributed by atoms with Crippen LogP contribution in [0.3, 0.4) is 0 Å². The third-order valence-corrected chi connectivity index (χ3v) is 5.26. The molecule has 0 spiro atoms. The molecular weight excluding hydrogens is 352 g/mol. The molecule has 1 N–H and O–H groups in total. The molecule has 3 rings (SSSR count). The summed E-state index contributed by atoms with van der Waals surface area (Å²) >= 11 is 0. The van der Waals surface area contributed by atoms with Crippen molar-refractivity contribution in [2.24, 2.45) is 5.92 Å². The molecule has 0 radical (unpaired) electrons. The van der Waals surface area contributed by atoms with Crippen LogP contribution in [0.25, 0.3) is 0 Å². The number of hydrogen-bond acceptors (Lipinski definition) is 4. The molecule has 148 valence electrons. The fraction of sp³-hybridized carbons (Fsp3) is 0.409.